The molecular formula is C18H18N4OS. The summed E-state index contributed by atoms with van der Waals surface area (Å²) in [7, 11) is 0. The van der Waals surface area contributed by atoms with E-state index < -0.39 is 0 Å². The second-order valence-corrected chi connectivity index (χ2v) is 6.56. The molecule has 122 valence electrons. The van der Waals surface area contributed by atoms with E-state index in [0.717, 1.165) is 28.4 Å². The fourth-order valence-corrected chi connectivity index (χ4v) is 2.88. The van der Waals surface area contributed by atoms with Gasteiger partial charge in [-0.25, -0.2) is 9.97 Å². The zero-order valence-corrected chi connectivity index (χ0v) is 14.4. The summed E-state index contributed by atoms with van der Waals surface area (Å²) in [5.41, 5.74) is 4.43. The molecule has 0 atom stereocenters. The average Bonchev–Trinajstić information content (AvgIpc) is 3.02. The number of rotatable bonds is 5. The normalized spacial score (nSPS) is 10.6. The first-order valence-corrected chi connectivity index (χ1v) is 8.58. The van der Waals surface area contributed by atoms with E-state index in [1.165, 1.54) is 11.8 Å². The molecule has 2 heterocycles. The quantitative estimate of drug-likeness (QED) is 0.776. The van der Waals surface area contributed by atoms with Crippen molar-refractivity contribution in [2.75, 3.05) is 6.54 Å². The van der Waals surface area contributed by atoms with Gasteiger partial charge in [-0.3, -0.25) is 9.78 Å². The first-order chi connectivity index (χ1) is 11.6. The predicted molar refractivity (Wildman–Crippen MR) is 95.1 cm³/mol. The Morgan fingerprint density at radius 2 is 1.92 bits per heavy atom. The zero-order valence-electron chi connectivity index (χ0n) is 13.6. The minimum atomic E-state index is -0.197. The lowest BCUT2D eigenvalue weighted by Gasteiger charge is -2.05. The number of nitrogens with zero attached hydrogens (tertiary/aromatic N) is 3. The van der Waals surface area contributed by atoms with Crippen LogP contribution in [0.3, 0.4) is 0 Å². The van der Waals surface area contributed by atoms with Crippen molar-refractivity contribution in [1.82, 2.24) is 20.3 Å². The Labute approximate surface area is 144 Å². The third-order valence-electron chi connectivity index (χ3n) is 3.58. The van der Waals surface area contributed by atoms with Crippen LogP contribution in [-0.2, 0) is 6.42 Å². The highest BCUT2D eigenvalue weighted by atomic mass is 32.1. The summed E-state index contributed by atoms with van der Waals surface area (Å²) in [6.07, 6.45) is 3.85. The standard InChI is InChI=1S/C18H18N4OS/c1-12-9-21-16(10-20-12)18(23)19-8-7-14-3-5-15(6-4-14)17-11-24-13(2)22-17/h3-6,9-11H,7-8H2,1-2H3,(H,19,23). The van der Waals surface area contributed by atoms with E-state index in [1.54, 1.807) is 17.5 Å². The van der Waals surface area contributed by atoms with Crippen molar-refractivity contribution in [2.45, 2.75) is 20.3 Å². The molecule has 0 spiro atoms. The average molecular weight is 338 g/mol. The highest BCUT2D eigenvalue weighted by Crippen LogP contribution is 2.21. The highest BCUT2D eigenvalue weighted by Gasteiger charge is 2.07. The van der Waals surface area contributed by atoms with E-state index in [-0.39, 0.29) is 5.91 Å². The molecule has 2 aromatic heterocycles. The maximum absolute atomic E-state index is 12.0. The number of aromatic nitrogens is 3. The molecule has 1 amide bonds. The number of hydrogen-bond acceptors (Lipinski definition) is 5. The van der Waals surface area contributed by atoms with E-state index in [9.17, 15) is 4.79 Å². The fourth-order valence-electron chi connectivity index (χ4n) is 2.26. The number of hydrogen-bond donors (Lipinski definition) is 1. The molecule has 1 aromatic carbocycles. The molecule has 5 nitrogen and oxygen atoms in total. The Kier molecular flexibility index (Phi) is 4.96. The minimum absolute atomic E-state index is 0.197. The predicted octanol–water partition coefficient (Wildman–Crippen LogP) is 3.19. The van der Waals surface area contributed by atoms with Crippen LogP contribution in [0.1, 0.15) is 26.8 Å². The van der Waals surface area contributed by atoms with Crippen LogP contribution < -0.4 is 5.32 Å². The van der Waals surface area contributed by atoms with Gasteiger partial charge in [-0.2, -0.15) is 0 Å². The maximum atomic E-state index is 12.0. The molecule has 3 rings (SSSR count). The van der Waals surface area contributed by atoms with Crippen LogP contribution >= 0.6 is 11.3 Å². The summed E-state index contributed by atoms with van der Waals surface area (Å²) in [6, 6.07) is 8.28. The first-order valence-electron chi connectivity index (χ1n) is 7.70. The number of thiazole rings is 1. The number of nitrogens with one attached hydrogen (secondary N) is 1. The molecule has 0 aliphatic rings. The van der Waals surface area contributed by atoms with Crippen LogP contribution in [0.2, 0.25) is 0 Å². The van der Waals surface area contributed by atoms with Crippen molar-refractivity contribution in [1.29, 1.82) is 0 Å². The van der Waals surface area contributed by atoms with Crippen LogP contribution in [-0.4, -0.2) is 27.4 Å². The van der Waals surface area contributed by atoms with Crippen molar-refractivity contribution in [2.24, 2.45) is 0 Å². The molecule has 0 saturated carbocycles. The Morgan fingerprint density at radius 3 is 2.54 bits per heavy atom. The van der Waals surface area contributed by atoms with Crippen molar-refractivity contribution in [3.8, 4) is 11.3 Å². The Morgan fingerprint density at radius 1 is 1.12 bits per heavy atom. The number of amides is 1. The van der Waals surface area contributed by atoms with Crippen LogP contribution in [0.25, 0.3) is 11.3 Å². The molecular weight excluding hydrogens is 320 g/mol. The summed E-state index contributed by atoms with van der Waals surface area (Å²) in [5, 5.41) is 5.99. The lowest BCUT2D eigenvalue weighted by molar-refractivity contribution is 0.0948. The number of benzene rings is 1. The third kappa shape index (κ3) is 4.02. The van der Waals surface area contributed by atoms with Gasteiger partial charge in [0.2, 0.25) is 0 Å². The summed E-state index contributed by atoms with van der Waals surface area (Å²) in [4.78, 5) is 24.6. The molecule has 0 radical (unpaired) electrons. The lowest BCUT2D eigenvalue weighted by atomic mass is 10.1. The van der Waals surface area contributed by atoms with Gasteiger partial charge >= 0.3 is 0 Å². The third-order valence-corrected chi connectivity index (χ3v) is 4.36. The van der Waals surface area contributed by atoms with Crippen molar-refractivity contribution in [3.63, 3.8) is 0 Å². The monoisotopic (exact) mass is 338 g/mol. The van der Waals surface area contributed by atoms with Gasteiger partial charge < -0.3 is 5.32 Å². The molecule has 0 aliphatic heterocycles. The molecule has 3 aromatic rings. The Balaban J connectivity index is 1.53. The molecule has 0 unspecified atom stereocenters. The highest BCUT2D eigenvalue weighted by molar-refractivity contribution is 7.09. The number of aryl methyl sites for hydroxylation is 2. The van der Waals surface area contributed by atoms with Crippen molar-refractivity contribution < 1.29 is 4.79 Å². The van der Waals surface area contributed by atoms with E-state index in [0.29, 0.717) is 12.2 Å². The van der Waals surface area contributed by atoms with Gasteiger partial charge in [0, 0.05) is 23.7 Å². The van der Waals surface area contributed by atoms with E-state index in [1.807, 2.05) is 13.8 Å². The van der Waals surface area contributed by atoms with Crippen molar-refractivity contribution >= 4 is 17.2 Å². The van der Waals surface area contributed by atoms with Gasteiger partial charge in [-0.1, -0.05) is 24.3 Å². The zero-order chi connectivity index (χ0) is 16.9. The lowest BCUT2D eigenvalue weighted by Crippen LogP contribution is -2.26. The van der Waals surface area contributed by atoms with Gasteiger partial charge in [0.1, 0.15) is 5.69 Å². The van der Waals surface area contributed by atoms with E-state index in [2.05, 4.69) is 49.9 Å². The summed E-state index contributed by atoms with van der Waals surface area (Å²) in [5.74, 6) is -0.197. The molecule has 0 bridgehead atoms. The minimum Gasteiger partial charge on any atom is -0.350 e. The molecule has 1 N–H and O–H groups in total. The van der Waals surface area contributed by atoms with Crippen LogP contribution in [0.5, 0.6) is 0 Å². The second-order valence-electron chi connectivity index (χ2n) is 5.50. The Hall–Kier alpha value is -2.60. The number of carbonyl (C=O) groups excluding carboxylic acids is 1. The van der Waals surface area contributed by atoms with Gasteiger partial charge in [0.15, 0.2) is 0 Å². The topological polar surface area (TPSA) is 67.8 Å². The molecule has 6 heteroatoms. The van der Waals surface area contributed by atoms with Crippen molar-refractivity contribution in [3.05, 3.63) is 64.0 Å². The van der Waals surface area contributed by atoms with E-state index >= 15 is 0 Å². The molecule has 0 aliphatic carbocycles. The summed E-state index contributed by atoms with van der Waals surface area (Å²) in [6.45, 7) is 4.40. The first kappa shape index (κ1) is 16.3. The maximum Gasteiger partial charge on any atom is 0.271 e. The largest absolute Gasteiger partial charge is 0.350 e. The molecule has 0 fully saturated rings. The van der Waals surface area contributed by atoms with E-state index in [4.69, 9.17) is 0 Å². The van der Waals surface area contributed by atoms with Gasteiger partial charge in [-0.05, 0) is 25.8 Å². The molecule has 24 heavy (non-hydrogen) atoms. The van der Waals surface area contributed by atoms with Gasteiger partial charge in [-0.15, -0.1) is 11.3 Å². The van der Waals surface area contributed by atoms with Gasteiger partial charge in [0.25, 0.3) is 5.91 Å². The van der Waals surface area contributed by atoms with Crippen LogP contribution in [0.4, 0.5) is 0 Å². The Bertz CT molecular complexity index is 825. The summed E-state index contributed by atoms with van der Waals surface area (Å²) < 4.78 is 0. The molecule has 0 saturated heterocycles. The second kappa shape index (κ2) is 7.31. The fraction of sp³-hybridized carbons (Fsp3) is 0.222. The number of carbonyl (C=O) groups is 1. The van der Waals surface area contributed by atoms with Crippen LogP contribution in [0, 0.1) is 13.8 Å². The van der Waals surface area contributed by atoms with Crippen LogP contribution in [0.15, 0.2) is 42.0 Å². The van der Waals surface area contributed by atoms with Gasteiger partial charge in [0.05, 0.1) is 22.6 Å². The summed E-state index contributed by atoms with van der Waals surface area (Å²) >= 11 is 1.65. The smallest absolute Gasteiger partial charge is 0.271 e. The SMILES string of the molecule is Cc1cnc(C(=O)NCCc2ccc(-c3csc(C)n3)cc2)cn1.